The van der Waals surface area contributed by atoms with E-state index in [1.807, 2.05) is 30.3 Å². The molecule has 0 fully saturated rings. The molecule has 0 amide bonds. The third-order valence-electron chi connectivity index (χ3n) is 8.74. The molecule has 8 aromatic rings. The summed E-state index contributed by atoms with van der Waals surface area (Å²) in [7, 11) is -3.26. The monoisotopic (exact) mass is 885 g/mol. The molecule has 18 heteroatoms. The maximum absolute atomic E-state index is 12.4. The number of azo groups is 3. The van der Waals surface area contributed by atoms with Crippen molar-refractivity contribution in [2.75, 3.05) is 7.11 Å². The minimum absolute atomic E-state index is 0. The van der Waals surface area contributed by atoms with Gasteiger partial charge in [0.15, 0.2) is 0 Å². The van der Waals surface area contributed by atoms with Crippen LogP contribution >= 0.6 is 0 Å². The van der Waals surface area contributed by atoms with E-state index in [-0.39, 0.29) is 127 Å². The van der Waals surface area contributed by atoms with Crippen molar-refractivity contribution in [2.45, 2.75) is 4.90 Å². The number of methoxy groups -OCH3 is 1. The number of benzene rings is 8. The molecule has 291 valence electrons. The molecule has 0 spiro atoms. The van der Waals surface area contributed by atoms with Crippen LogP contribution in [0.5, 0.6) is 28.7 Å². The molecule has 0 aliphatic rings. The predicted molar refractivity (Wildman–Crippen MR) is 210 cm³/mol. The van der Waals surface area contributed by atoms with E-state index >= 15 is 0 Å². The summed E-state index contributed by atoms with van der Waals surface area (Å²) in [6, 6.07) is 38.9. The van der Waals surface area contributed by atoms with E-state index in [9.17, 15) is 33.4 Å². The van der Waals surface area contributed by atoms with Crippen LogP contribution in [0, 0.1) is 0 Å². The Morgan fingerprint density at radius 3 is 1.44 bits per heavy atom. The van der Waals surface area contributed by atoms with Gasteiger partial charge in [0.25, 0.3) is 0 Å². The minimum Gasteiger partial charge on any atom is -0.871 e. The summed E-state index contributed by atoms with van der Waals surface area (Å²) in [6.45, 7) is 0. The number of rotatable bonds is 8. The zero-order valence-electron chi connectivity index (χ0n) is 32.6. The summed E-state index contributed by atoms with van der Waals surface area (Å²) in [6.07, 6.45) is 0. The summed E-state index contributed by atoms with van der Waals surface area (Å²) in [5.41, 5.74) is 1.28. The Balaban J connectivity index is 0.000000257. The number of hydrogen-bond donors (Lipinski definition) is 0. The zero-order valence-corrected chi connectivity index (χ0v) is 38.7. The molecule has 0 atom stereocenters. The second-order valence-electron chi connectivity index (χ2n) is 12.4. The van der Waals surface area contributed by atoms with Crippen LogP contribution in [0.25, 0.3) is 32.3 Å². The van der Waals surface area contributed by atoms with Crippen molar-refractivity contribution in [1.29, 1.82) is 0 Å². The average Bonchev–Trinajstić information content (AvgIpc) is 3.23. The molecule has 8 rings (SSSR count). The van der Waals surface area contributed by atoms with Gasteiger partial charge in [-0.05, 0) is 53.2 Å². The molecule has 0 aliphatic carbocycles. The fraction of sp³-hybridized carbons (Fsp3) is 0.0233. The summed E-state index contributed by atoms with van der Waals surface area (Å²) >= 11 is 0. The van der Waals surface area contributed by atoms with Gasteiger partial charge in [0.2, 0.25) is 0 Å². The molecule has 0 heterocycles. The predicted octanol–water partition coefficient (Wildman–Crippen LogP) is 3.29. The van der Waals surface area contributed by atoms with Crippen LogP contribution in [-0.2, 0) is 27.5 Å². The SMILES string of the molecule is COc1ccc(N=Nc2ccc([O-])c(N=Nc3c([O-])ccc4ccccc34)c2)cc1.O=S(=O)([O-])c1cc([O-])c(N=Nc2c([O-])ccc3ccccc23)c2ccccc12.[Cr+3].[Na+].[Na+]. The molecule has 1 radical (unpaired) electrons. The smallest absolute Gasteiger partial charge is 0.871 e. The molecule has 0 unspecified atom stereocenters. The molecule has 14 nitrogen and oxygen atoms in total. The van der Waals surface area contributed by atoms with E-state index < -0.39 is 20.8 Å². The molecule has 0 saturated heterocycles. The van der Waals surface area contributed by atoms with Crippen LogP contribution in [0.3, 0.4) is 0 Å². The maximum Gasteiger partial charge on any atom is 3.00 e. The number of ether oxygens (including phenoxy) is 1. The second-order valence-corrected chi connectivity index (χ2v) is 13.8. The summed E-state index contributed by atoms with van der Waals surface area (Å²) in [4.78, 5) is -0.610. The molecule has 0 aliphatic heterocycles. The second kappa shape index (κ2) is 21.5. The quantitative estimate of drug-likeness (QED) is 0.125. The van der Waals surface area contributed by atoms with Gasteiger partial charge in [0.1, 0.15) is 15.9 Å². The van der Waals surface area contributed by atoms with Crippen LogP contribution in [0.2, 0.25) is 0 Å². The van der Waals surface area contributed by atoms with Gasteiger partial charge in [-0.25, -0.2) is 8.42 Å². The Bertz CT molecular complexity index is 3050. The normalized spacial score (nSPS) is 11.2. The van der Waals surface area contributed by atoms with E-state index in [1.54, 1.807) is 79.9 Å². The van der Waals surface area contributed by atoms with Gasteiger partial charge in [-0.2, -0.15) is 30.7 Å². The van der Waals surface area contributed by atoms with Crippen LogP contribution in [-0.4, -0.2) is 20.1 Å². The van der Waals surface area contributed by atoms with Crippen molar-refractivity contribution in [3.63, 3.8) is 0 Å². The van der Waals surface area contributed by atoms with Gasteiger partial charge in [-0.3, -0.25) is 0 Å². The number of fused-ring (bicyclic) bond motifs is 3. The summed E-state index contributed by atoms with van der Waals surface area (Å²) < 4.78 is 39.6. The van der Waals surface area contributed by atoms with Crippen LogP contribution in [0.1, 0.15) is 0 Å². The number of nitrogens with zero attached hydrogens (tertiary/aromatic N) is 6. The Morgan fingerprint density at radius 2 is 0.902 bits per heavy atom. The van der Waals surface area contributed by atoms with Crippen molar-refractivity contribution >= 4 is 76.6 Å². The first kappa shape index (κ1) is 48.4. The van der Waals surface area contributed by atoms with Gasteiger partial charge >= 0.3 is 76.5 Å². The van der Waals surface area contributed by atoms with E-state index in [1.165, 1.54) is 36.4 Å². The van der Waals surface area contributed by atoms with E-state index in [0.717, 1.165) is 22.6 Å². The van der Waals surface area contributed by atoms with Crippen LogP contribution in [0.15, 0.2) is 181 Å². The zero-order chi connectivity index (χ0) is 40.8. The maximum atomic E-state index is 12.4. The van der Waals surface area contributed by atoms with Crippen molar-refractivity contribution in [2.24, 2.45) is 30.7 Å². The first-order valence-electron chi connectivity index (χ1n) is 17.3. The van der Waals surface area contributed by atoms with E-state index in [0.29, 0.717) is 22.1 Å². The Morgan fingerprint density at radius 1 is 0.459 bits per heavy atom. The topological polar surface area (TPSA) is 233 Å². The van der Waals surface area contributed by atoms with Crippen molar-refractivity contribution in [1.82, 2.24) is 0 Å². The van der Waals surface area contributed by atoms with Crippen LogP contribution in [0.4, 0.5) is 34.1 Å². The Hall–Kier alpha value is -5.22. The molecule has 0 N–H and O–H groups in total. The van der Waals surface area contributed by atoms with E-state index in [4.69, 9.17) is 4.74 Å². The fourth-order valence-electron chi connectivity index (χ4n) is 5.90. The number of hydrogen-bond acceptors (Lipinski definition) is 14. The van der Waals surface area contributed by atoms with Gasteiger partial charge in [-0.1, -0.05) is 126 Å². The Kier molecular flexibility index (Phi) is 17.1. The van der Waals surface area contributed by atoms with Crippen molar-refractivity contribution < 1.29 is 115 Å². The fourth-order valence-corrected chi connectivity index (χ4v) is 6.60. The standard InChI is InChI=1S/C23H18N4O3.C20H14N2O5S.Cr.2Na/c1-30-18-10-7-16(8-11-18)24-25-17-9-13-21(28)20(14-17)26-27-23-19-5-3-2-4-15(19)6-12-22(23)29;23-16-10-9-12-5-1-2-6-13(12)19(16)21-22-20-15-8-4-3-7-14(15)18(11-17(20)24)28(25,26)27;;;/h2-14,28-29H,1H3;1-11,23-24H,(H,25,26,27);;;/q;;+3;2*+1/p-5. The average molecular weight is 886 g/mol. The van der Waals surface area contributed by atoms with Gasteiger partial charge in [0, 0.05) is 21.5 Å². The molecule has 0 bridgehead atoms. The van der Waals surface area contributed by atoms with Gasteiger partial charge in [-0.15, -0.1) is 0 Å². The third kappa shape index (κ3) is 11.4. The van der Waals surface area contributed by atoms with Crippen molar-refractivity contribution in [3.8, 4) is 28.7 Å². The van der Waals surface area contributed by atoms with Gasteiger partial charge < -0.3 is 29.7 Å². The molecular weight excluding hydrogens is 859 g/mol. The van der Waals surface area contributed by atoms with Crippen molar-refractivity contribution in [3.05, 3.63) is 146 Å². The largest absolute Gasteiger partial charge is 3.00 e. The molecular formula is C43H27CrN6Na2O8S. The van der Waals surface area contributed by atoms with E-state index in [2.05, 4.69) is 30.7 Å². The molecule has 0 saturated carbocycles. The first-order chi connectivity index (χ1) is 28.0. The molecule has 0 aromatic heterocycles. The third-order valence-corrected chi connectivity index (χ3v) is 9.62. The first-order valence-corrected chi connectivity index (χ1v) is 18.7. The molecule has 8 aromatic carbocycles. The molecule has 61 heavy (non-hydrogen) atoms. The van der Waals surface area contributed by atoms with Gasteiger partial charge in [0.05, 0.1) is 46.1 Å². The van der Waals surface area contributed by atoms with Crippen LogP contribution < -0.4 is 84.3 Å². The minimum atomic E-state index is -4.84. The summed E-state index contributed by atoms with van der Waals surface area (Å²) in [5, 5.41) is 76.5. The summed E-state index contributed by atoms with van der Waals surface area (Å²) in [5.74, 6) is -1.00. The Labute approximate surface area is 404 Å².